The summed E-state index contributed by atoms with van der Waals surface area (Å²) < 4.78 is 21.6. The molecule has 0 saturated heterocycles. The van der Waals surface area contributed by atoms with Gasteiger partial charge in [-0.15, -0.1) is 11.3 Å². The minimum Gasteiger partial charge on any atom is -0.349 e. The van der Waals surface area contributed by atoms with Gasteiger partial charge in [0.2, 0.25) is 0 Å². The maximum absolute atomic E-state index is 12.5. The first-order chi connectivity index (χ1) is 13.9. The summed E-state index contributed by atoms with van der Waals surface area (Å²) in [5.41, 5.74) is 3.13. The normalized spacial score (nSPS) is 26.7. The first-order valence-electron chi connectivity index (χ1n) is 9.80. The highest BCUT2D eigenvalue weighted by Gasteiger charge is 2.54. The van der Waals surface area contributed by atoms with Crippen molar-refractivity contribution >= 4 is 38.5 Å². The van der Waals surface area contributed by atoms with Gasteiger partial charge in [-0.1, -0.05) is 12.1 Å². The first-order valence-corrected chi connectivity index (χ1v) is 11.7. The zero-order valence-corrected chi connectivity index (χ0v) is 17.7. The minimum atomic E-state index is -2.08. The zero-order valence-electron chi connectivity index (χ0n) is 16.1. The largest absolute Gasteiger partial charge is 0.349 e. The molecule has 0 bridgehead atoms. The van der Waals surface area contributed by atoms with Crippen molar-refractivity contribution in [2.24, 2.45) is 5.41 Å². The molecule has 0 radical (unpaired) electrons. The number of aryl methyl sites for hydroxylation is 1. The number of fused-ring (bicyclic) bond motifs is 1. The van der Waals surface area contributed by atoms with Crippen molar-refractivity contribution in [3.8, 4) is 0 Å². The minimum absolute atomic E-state index is 0.172. The van der Waals surface area contributed by atoms with E-state index in [1.165, 1.54) is 21.3 Å². The average molecular weight is 427 g/mol. The summed E-state index contributed by atoms with van der Waals surface area (Å²) in [4.78, 5) is 17.6. The lowest BCUT2D eigenvalue weighted by atomic mass is 9.50. The molecule has 3 aromatic rings. The third-order valence-corrected chi connectivity index (χ3v) is 8.12. The standard InChI is InChI=1S/C22H22N2O3S2/c1-13-5-6-19-18(7-13)24-21(28-19)15-9-22(10-15)11-16(12-22)23-20(25)14-3-2-4-17(8-14)29(26)27/h2-8,15-16H,9-12H2,1H3,(H,23,25)(H,26,27). The highest BCUT2D eigenvalue weighted by molar-refractivity contribution is 7.79. The second-order valence-corrected chi connectivity index (χ2v) is 10.5. The number of aromatic nitrogens is 1. The number of hydrogen-bond donors (Lipinski definition) is 2. The molecule has 0 aliphatic heterocycles. The highest BCUT2D eigenvalue weighted by atomic mass is 32.2. The summed E-state index contributed by atoms with van der Waals surface area (Å²) >= 11 is -0.264. The SMILES string of the molecule is Cc1ccc2sc(C3CC4(CC(NC(=O)c5cccc(S(=O)O)c5)C4)C3)nc2c1. The molecule has 150 valence electrons. The lowest BCUT2D eigenvalue weighted by Gasteiger charge is -2.57. The number of hydrogen-bond acceptors (Lipinski definition) is 4. The van der Waals surface area contributed by atoms with E-state index in [4.69, 9.17) is 4.98 Å². The molecule has 2 N–H and O–H groups in total. The molecule has 1 aromatic heterocycles. The van der Waals surface area contributed by atoms with E-state index >= 15 is 0 Å². The molecule has 2 aliphatic carbocycles. The number of nitrogens with one attached hydrogen (secondary N) is 1. The molecule has 5 nitrogen and oxygen atoms in total. The van der Waals surface area contributed by atoms with Gasteiger partial charge in [-0.25, -0.2) is 9.19 Å². The van der Waals surface area contributed by atoms with Crippen LogP contribution in [0, 0.1) is 12.3 Å². The third kappa shape index (κ3) is 3.52. The Balaban J connectivity index is 1.17. The van der Waals surface area contributed by atoms with Gasteiger partial charge in [0.1, 0.15) is 0 Å². The van der Waals surface area contributed by atoms with Crippen molar-refractivity contribution < 1.29 is 13.6 Å². The molecular weight excluding hydrogens is 404 g/mol. The quantitative estimate of drug-likeness (QED) is 0.596. The number of thiazole rings is 1. The van der Waals surface area contributed by atoms with E-state index in [9.17, 15) is 13.6 Å². The highest BCUT2D eigenvalue weighted by Crippen LogP contribution is 2.62. The molecule has 1 atom stereocenters. The van der Waals surface area contributed by atoms with Crippen LogP contribution in [-0.4, -0.2) is 25.7 Å². The fourth-order valence-corrected chi connectivity index (χ4v) is 6.30. The van der Waals surface area contributed by atoms with E-state index in [-0.39, 0.29) is 16.8 Å². The monoisotopic (exact) mass is 426 g/mol. The Morgan fingerprint density at radius 1 is 1.21 bits per heavy atom. The van der Waals surface area contributed by atoms with Crippen LogP contribution in [0.3, 0.4) is 0 Å². The van der Waals surface area contributed by atoms with E-state index in [1.807, 2.05) is 11.3 Å². The molecule has 1 heterocycles. The van der Waals surface area contributed by atoms with Crippen LogP contribution in [0.25, 0.3) is 10.2 Å². The van der Waals surface area contributed by atoms with E-state index in [1.54, 1.807) is 18.2 Å². The molecule has 1 amide bonds. The Kier molecular flexibility index (Phi) is 4.57. The second kappa shape index (κ2) is 7.00. The molecule has 2 fully saturated rings. The summed E-state index contributed by atoms with van der Waals surface area (Å²) in [6, 6.07) is 13.0. The molecule has 29 heavy (non-hydrogen) atoms. The third-order valence-electron chi connectivity index (χ3n) is 6.26. The summed E-state index contributed by atoms with van der Waals surface area (Å²) in [5, 5.41) is 4.32. The van der Waals surface area contributed by atoms with E-state index in [0.29, 0.717) is 16.9 Å². The van der Waals surface area contributed by atoms with Gasteiger partial charge in [-0.05, 0) is 73.9 Å². The van der Waals surface area contributed by atoms with Gasteiger partial charge in [0.25, 0.3) is 5.91 Å². The van der Waals surface area contributed by atoms with Crippen molar-refractivity contribution in [2.45, 2.75) is 49.5 Å². The molecule has 2 aromatic carbocycles. The average Bonchev–Trinajstić information content (AvgIpc) is 3.04. The van der Waals surface area contributed by atoms with Gasteiger partial charge >= 0.3 is 0 Å². The van der Waals surface area contributed by atoms with E-state index in [2.05, 4.69) is 30.4 Å². The van der Waals surface area contributed by atoms with Crippen LogP contribution in [-0.2, 0) is 11.1 Å². The second-order valence-electron chi connectivity index (χ2n) is 8.48. The van der Waals surface area contributed by atoms with Crippen LogP contribution >= 0.6 is 11.3 Å². The predicted molar refractivity (Wildman–Crippen MR) is 115 cm³/mol. The molecular formula is C22H22N2O3S2. The van der Waals surface area contributed by atoms with Gasteiger partial charge < -0.3 is 9.87 Å². The molecule has 2 aliphatic rings. The van der Waals surface area contributed by atoms with E-state index < -0.39 is 11.1 Å². The molecule has 2 saturated carbocycles. The first kappa shape index (κ1) is 18.9. The maximum Gasteiger partial charge on any atom is 0.251 e. The number of carbonyl (C=O) groups excluding carboxylic acids is 1. The van der Waals surface area contributed by atoms with Crippen molar-refractivity contribution in [2.75, 3.05) is 0 Å². The molecule has 1 spiro atoms. The summed E-state index contributed by atoms with van der Waals surface area (Å²) in [6.07, 6.45) is 4.31. The van der Waals surface area contributed by atoms with Crippen molar-refractivity contribution in [3.05, 3.63) is 58.6 Å². The Labute approximate surface area is 175 Å². The topological polar surface area (TPSA) is 79.3 Å². The van der Waals surface area contributed by atoms with Gasteiger partial charge in [0.05, 0.1) is 20.1 Å². The predicted octanol–water partition coefficient (Wildman–Crippen LogP) is 4.64. The van der Waals surface area contributed by atoms with Crippen LogP contribution in [0.4, 0.5) is 0 Å². The fraction of sp³-hybridized carbons (Fsp3) is 0.364. The Bertz CT molecular complexity index is 1130. The van der Waals surface area contributed by atoms with Crippen LogP contribution < -0.4 is 5.32 Å². The number of benzene rings is 2. The molecule has 7 heteroatoms. The Morgan fingerprint density at radius 2 is 2.00 bits per heavy atom. The lowest BCUT2D eigenvalue weighted by Crippen LogP contribution is -2.55. The summed E-state index contributed by atoms with van der Waals surface area (Å²) in [5.74, 6) is 0.370. The summed E-state index contributed by atoms with van der Waals surface area (Å²) in [6.45, 7) is 2.10. The van der Waals surface area contributed by atoms with Gasteiger partial charge in [0, 0.05) is 17.5 Å². The smallest absolute Gasteiger partial charge is 0.251 e. The van der Waals surface area contributed by atoms with Crippen molar-refractivity contribution in [1.82, 2.24) is 10.3 Å². The Morgan fingerprint density at radius 3 is 2.76 bits per heavy atom. The van der Waals surface area contributed by atoms with Crippen LogP contribution in [0.2, 0.25) is 0 Å². The van der Waals surface area contributed by atoms with Crippen molar-refractivity contribution in [3.63, 3.8) is 0 Å². The van der Waals surface area contributed by atoms with Crippen LogP contribution in [0.15, 0.2) is 47.4 Å². The van der Waals surface area contributed by atoms with E-state index in [0.717, 1.165) is 31.2 Å². The molecule has 5 rings (SSSR count). The number of rotatable bonds is 4. The zero-order chi connectivity index (χ0) is 20.2. The maximum atomic E-state index is 12.5. The lowest BCUT2D eigenvalue weighted by molar-refractivity contribution is -0.0187. The van der Waals surface area contributed by atoms with Gasteiger partial charge in [-0.2, -0.15) is 0 Å². The van der Waals surface area contributed by atoms with Crippen molar-refractivity contribution in [1.29, 1.82) is 0 Å². The number of carbonyl (C=O) groups is 1. The fourth-order valence-electron chi connectivity index (χ4n) is 4.83. The number of nitrogens with zero attached hydrogens (tertiary/aromatic N) is 1. The van der Waals surface area contributed by atoms with Gasteiger partial charge in [0.15, 0.2) is 11.1 Å². The Hall–Kier alpha value is -2.09. The van der Waals surface area contributed by atoms with Gasteiger partial charge in [-0.3, -0.25) is 4.79 Å². The van der Waals surface area contributed by atoms with Crippen LogP contribution in [0.5, 0.6) is 0 Å². The summed E-state index contributed by atoms with van der Waals surface area (Å²) in [7, 11) is 0. The van der Waals surface area contributed by atoms with Crippen LogP contribution in [0.1, 0.15) is 52.5 Å². The molecule has 1 unspecified atom stereocenters. The number of amides is 1.